The Morgan fingerprint density at radius 3 is 2.28 bits per heavy atom. The Balaban J connectivity index is 2.49. The van der Waals surface area contributed by atoms with Gasteiger partial charge < -0.3 is 10.1 Å². The van der Waals surface area contributed by atoms with Crippen molar-refractivity contribution in [1.29, 1.82) is 0 Å². The smallest absolute Gasteiger partial charge is 0.358 e. The lowest BCUT2D eigenvalue weighted by Gasteiger charge is -2.05. The lowest BCUT2D eigenvalue weighted by molar-refractivity contribution is -0.389. The number of nitrogens with zero attached hydrogens (tertiary/aromatic N) is 2. The van der Waals surface area contributed by atoms with Crippen molar-refractivity contribution in [3.8, 4) is 11.1 Å². The molecule has 0 radical (unpaired) electrons. The highest BCUT2D eigenvalue weighted by molar-refractivity contribution is 6.44. The van der Waals surface area contributed by atoms with Gasteiger partial charge in [-0.15, -0.1) is 0 Å². The average Bonchev–Trinajstić information content (AvgIpc) is 2.34. The average molecular weight is 304 g/mol. The second-order valence-corrected chi connectivity index (χ2v) is 4.63. The van der Waals surface area contributed by atoms with Gasteiger partial charge in [-0.2, -0.15) is 0 Å². The third-order valence-corrected chi connectivity index (χ3v) is 3.29. The Labute approximate surface area is 117 Å². The van der Waals surface area contributed by atoms with Crippen molar-refractivity contribution in [3.63, 3.8) is 0 Å². The molecule has 0 fully saturated rings. The summed E-state index contributed by atoms with van der Waals surface area (Å²) >= 11 is 17.8. The highest BCUT2D eigenvalue weighted by Crippen LogP contribution is 2.35. The summed E-state index contributed by atoms with van der Waals surface area (Å²) in [6.07, 6.45) is 1.36. The Kier molecular flexibility index (Phi) is 3.71. The number of pyridine rings is 1. The van der Waals surface area contributed by atoms with E-state index in [0.29, 0.717) is 26.2 Å². The van der Waals surface area contributed by atoms with Crippen LogP contribution in [0.3, 0.4) is 0 Å². The SMILES string of the molecule is O=[N+]([O-])c1ccc(-c2cc(Cl)c(Cl)cc2Cl)cn1. The van der Waals surface area contributed by atoms with E-state index in [1.54, 1.807) is 12.1 Å². The van der Waals surface area contributed by atoms with Crippen LogP contribution in [0.25, 0.3) is 11.1 Å². The molecule has 92 valence electrons. The number of rotatable bonds is 2. The van der Waals surface area contributed by atoms with Gasteiger partial charge in [-0.1, -0.05) is 34.8 Å². The molecule has 4 nitrogen and oxygen atoms in total. The fourth-order valence-electron chi connectivity index (χ4n) is 1.40. The molecule has 0 N–H and O–H groups in total. The lowest BCUT2D eigenvalue weighted by Crippen LogP contribution is -1.91. The van der Waals surface area contributed by atoms with E-state index >= 15 is 0 Å². The number of halogens is 3. The predicted molar refractivity (Wildman–Crippen MR) is 71.4 cm³/mol. The molecule has 0 spiro atoms. The highest BCUT2D eigenvalue weighted by Gasteiger charge is 2.12. The molecular weight excluding hydrogens is 298 g/mol. The monoisotopic (exact) mass is 302 g/mol. The topological polar surface area (TPSA) is 56.0 Å². The van der Waals surface area contributed by atoms with Crippen LogP contribution in [0.15, 0.2) is 30.5 Å². The molecule has 0 saturated heterocycles. The Hall–Kier alpha value is -1.36. The third-order valence-electron chi connectivity index (χ3n) is 2.26. The Morgan fingerprint density at radius 2 is 1.72 bits per heavy atom. The van der Waals surface area contributed by atoms with Crippen LogP contribution in [-0.4, -0.2) is 9.91 Å². The molecular formula is C11H5Cl3N2O2. The van der Waals surface area contributed by atoms with Crippen molar-refractivity contribution >= 4 is 40.6 Å². The van der Waals surface area contributed by atoms with Crippen molar-refractivity contribution in [1.82, 2.24) is 4.98 Å². The summed E-state index contributed by atoms with van der Waals surface area (Å²) in [6.45, 7) is 0. The minimum Gasteiger partial charge on any atom is -0.358 e. The van der Waals surface area contributed by atoms with Gasteiger partial charge in [-0.3, -0.25) is 0 Å². The summed E-state index contributed by atoms with van der Waals surface area (Å²) < 4.78 is 0. The van der Waals surface area contributed by atoms with Crippen LogP contribution in [0.1, 0.15) is 0 Å². The summed E-state index contributed by atoms with van der Waals surface area (Å²) in [7, 11) is 0. The van der Waals surface area contributed by atoms with E-state index in [2.05, 4.69) is 4.98 Å². The molecule has 0 aliphatic rings. The minimum absolute atomic E-state index is 0.227. The molecule has 0 bridgehead atoms. The van der Waals surface area contributed by atoms with Crippen LogP contribution in [0.4, 0.5) is 5.82 Å². The molecule has 0 amide bonds. The van der Waals surface area contributed by atoms with Gasteiger partial charge in [0, 0.05) is 17.2 Å². The largest absolute Gasteiger partial charge is 0.363 e. The summed E-state index contributed by atoms with van der Waals surface area (Å²) in [5.41, 5.74) is 1.25. The maximum atomic E-state index is 10.5. The van der Waals surface area contributed by atoms with Crippen molar-refractivity contribution in [2.24, 2.45) is 0 Å². The fourth-order valence-corrected chi connectivity index (χ4v) is 2.05. The van der Waals surface area contributed by atoms with Crippen LogP contribution in [0.2, 0.25) is 15.1 Å². The molecule has 0 unspecified atom stereocenters. The van der Waals surface area contributed by atoms with E-state index in [-0.39, 0.29) is 5.82 Å². The summed E-state index contributed by atoms with van der Waals surface area (Å²) in [5.74, 6) is -0.227. The van der Waals surface area contributed by atoms with Crippen molar-refractivity contribution in [2.75, 3.05) is 0 Å². The van der Waals surface area contributed by atoms with Gasteiger partial charge in [0.2, 0.25) is 0 Å². The van der Waals surface area contributed by atoms with E-state index in [1.807, 2.05) is 0 Å². The molecule has 2 rings (SSSR count). The van der Waals surface area contributed by atoms with Crippen LogP contribution in [0, 0.1) is 10.1 Å². The van der Waals surface area contributed by atoms with Crippen molar-refractivity contribution < 1.29 is 4.92 Å². The summed E-state index contributed by atoms with van der Waals surface area (Å²) in [4.78, 5) is 13.6. The van der Waals surface area contributed by atoms with Crippen molar-refractivity contribution in [3.05, 3.63) is 55.6 Å². The van der Waals surface area contributed by atoms with Gasteiger partial charge in [0.05, 0.1) is 15.1 Å². The van der Waals surface area contributed by atoms with E-state index in [4.69, 9.17) is 34.8 Å². The summed E-state index contributed by atoms with van der Waals surface area (Å²) in [6, 6.07) is 5.96. The van der Waals surface area contributed by atoms with Gasteiger partial charge in [-0.25, -0.2) is 0 Å². The Bertz CT molecular complexity index is 614. The van der Waals surface area contributed by atoms with Crippen molar-refractivity contribution in [2.45, 2.75) is 0 Å². The molecule has 0 aliphatic carbocycles. The number of benzene rings is 1. The highest BCUT2D eigenvalue weighted by atomic mass is 35.5. The number of aromatic nitrogens is 1. The molecule has 1 aromatic carbocycles. The van der Waals surface area contributed by atoms with E-state index < -0.39 is 4.92 Å². The zero-order valence-electron chi connectivity index (χ0n) is 8.73. The third kappa shape index (κ3) is 2.56. The molecule has 18 heavy (non-hydrogen) atoms. The fraction of sp³-hybridized carbons (Fsp3) is 0. The van der Waals surface area contributed by atoms with Gasteiger partial charge in [0.25, 0.3) is 0 Å². The molecule has 7 heteroatoms. The van der Waals surface area contributed by atoms with Crippen LogP contribution in [-0.2, 0) is 0 Å². The normalized spacial score (nSPS) is 10.4. The first-order valence-corrected chi connectivity index (χ1v) is 5.88. The van der Waals surface area contributed by atoms with E-state index in [9.17, 15) is 10.1 Å². The maximum absolute atomic E-state index is 10.5. The number of hydrogen-bond donors (Lipinski definition) is 0. The molecule has 1 aromatic heterocycles. The molecule has 2 aromatic rings. The first-order valence-electron chi connectivity index (χ1n) is 4.74. The van der Waals surface area contributed by atoms with Gasteiger partial charge in [-0.05, 0) is 28.1 Å². The van der Waals surface area contributed by atoms with E-state index in [0.717, 1.165) is 0 Å². The van der Waals surface area contributed by atoms with Crippen LogP contribution in [0.5, 0.6) is 0 Å². The zero-order valence-corrected chi connectivity index (χ0v) is 11.0. The lowest BCUT2D eigenvalue weighted by atomic mass is 10.1. The second kappa shape index (κ2) is 5.10. The van der Waals surface area contributed by atoms with Gasteiger partial charge in [0.1, 0.15) is 6.20 Å². The second-order valence-electron chi connectivity index (χ2n) is 3.41. The molecule has 0 saturated carbocycles. The predicted octanol–water partition coefficient (Wildman–Crippen LogP) is 4.62. The standard InChI is InChI=1S/C11H5Cl3N2O2/c12-8-4-10(14)9(13)3-7(8)6-1-2-11(15-5-6)16(17)18/h1-5H. The number of hydrogen-bond acceptors (Lipinski definition) is 3. The summed E-state index contributed by atoms with van der Waals surface area (Å²) in [5, 5.41) is 11.6. The molecule has 0 atom stereocenters. The minimum atomic E-state index is -0.569. The quantitative estimate of drug-likeness (QED) is 0.462. The maximum Gasteiger partial charge on any atom is 0.363 e. The number of nitro groups is 1. The van der Waals surface area contributed by atoms with Crippen LogP contribution < -0.4 is 0 Å². The first-order chi connectivity index (χ1) is 8.49. The first kappa shape index (κ1) is 13.1. The van der Waals surface area contributed by atoms with Gasteiger partial charge in [0.15, 0.2) is 0 Å². The van der Waals surface area contributed by atoms with Crippen LogP contribution >= 0.6 is 34.8 Å². The molecule has 1 heterocycles. The van der Waals surface area contributed by atoms with Gasteiger partial charge >= 0.3 is 5.82 Å². The Morgan fingerprint density at radius 1 is 1.06 bits per heavy atom. The molecule has 0 aliphatic heterocycles. The van der Waals surface area contributed by atoms with E-state index in [1.165, 1.54) is 18.3 Å². The zero-order chi connectivity index (χ0) is 13.3.